The first kappa shape index (κ1) is 34.9. The summed E-state index contributed by atoms with van der Waals surface area (Å²) in [5.74, 6) is 7.11. The summed E-state index contributed by atoms with van der Waals surface area (Å²) in [5, 5.41) is 13.7. The van der Waals surface area contributed by atoms with Gasteiger partial charge >= 0.3 is 0 Å². The number of hydrogen-bond acceptors (Lipinski definition) is 8. The quantitative estimate of drug-likeness (QED) is 0.183. The molecule has 2 fully saturated rings. The number of carbonyl (C=O) groups is 1. The van der Waals surface area contributed by atoms with E-state index >= 15 is 0 Å². The Balaban J connectivity index is 1.58. The third-order valence-corrected chi connectivity index (χ3v) is 9.36. The summed E-state index contributed by atoms with van der Waals surface area (Å²) in [5.41, 5.74) is 1.47. The third-order valence-electron chi connectivity index (χ3n) is 8.83. The van der Waals surface area contributed by atoms with E-state index in [4.69, 9.17) is 23.2 Å². The number of rotatable bonds is 14. The first-order chi connectivity index (χ1) is 22.2. The van der Waals surface area contributed by atoms with Crippen LogP contribution in [0.1, 0.15) is 75.7 Å². The minimum atomic E-state index is -0.784. The molecule has 4 atom stereocenters. The lowest BCUT2D eigenvalue weighted by atomic mass is 9.84. The molecule has 0 bridgehead atoms. The zero-order chi connectivity index (χ0) is 33.2. The van der Waals surface area contributed by atoms with E-state index in [0.717, 1.165) is 32.1 Å². The number of benzene rings is 1. The number of aromatic amines is 1. The van der Waals surface area contributed by atoms with E-state index < -0.39 is 24.0 Å². The molecule has 0 spiro atoms. The summed E-state index contributed by atoms with van der Waals surface area (Å²) < 4.78 is 0. The lowest BCUT2D eigenvalue weighted by Crippen LogP contribution is -2.49. The van der Waals surface area contributed by atoms with Gasteiger partial charge < -0.3 is 26.3 Å². The maximum Gasteiger partial charge on any atom is 0.268 e. The Morgan fingerprint density at radius 3 is 2.35 bits per heavy atom. The van der Waals surface area contributed by atoms with Crippen molar-refractivity contribution in [3.05, 3.63) is 57.1 Å². The van der Waals surface area contributed by atoms with E-state index in [1.165, 1.54) is 6.08 Å². The molecule has 1 amide bonds. The molecule has 1 saturated heterocycles. The Morgan fingerprint density at radius 1 is 0.957 bits per heavy atom. The number of fused-ring (bicyclic) bond motifs is 1. The molecule has 2 aliphatic rings. The van der Waals surface area contributed by atoms with Crippen LogP contribution < -0.4 is 21.3 Å². The van der Waals surface area contributed by atoms with Crippen LogP contribution in [0.2, 0.25) is 10.0 Å². The second-order valence-electron chi connectivity index (χ2n) is 12.4. The molecule has 12 heteroatoms. The molecule has 1 aliphatic carbocycles. The fourth-order valence-electron chi connectivity index (χ4n) is 6.43. The summed E-state index contributed by atoms with van der Waals surface area (Å²) in [7, 11) is 0. The molecule has 46 heavy (non-hydrogen) atoms. The van der Waals surface area contributed by atoms with E-state index in [1.54, 1.807) is 24.1 Å². The molecule has 1 saturated carbocycles. The van der Waals surface area contributed by atoms with Gasteiger partial charge in [0.15, 0.2) is 0 Å². The Kier molecular flexibility index (Phi) is 12.5. The van der Waals surface area contributed by atoms with E-state index in [2.05, 4.69) is 26.3 Å². The minimum absolute atomic E-state index is 0.0737. The van der Waals surface area contributed by atoms with Crippen LogP contribution in [0.5, 0.6) is 0 Å². The van der Waals surface area contributed by atoms with Gasteiger partial charge in [0.05, 0.1) is 28.8 Å². The smallest absolute Gasteiger partial charge is 0.268 e. The van der Waals surface area contributed by atoms with Gasteiger partial charge in [-0.05, 0) is 49.3 Å². The molecule has 1 aromatic heterocycles. The minimum Gasteiger partial charge on any atom is -0.379 e. The van der Waals surface area contributed by atoms with Crippen molar-refractivity contribution in [2.24, 2.45) is 17.8 Å². The number of halogens is 2. The molecule has 4 rings (SSSR count). The molecule has 3 unspecified atom stereocenters. The van der Waals surface area contributed by atoms with Crippen LogP contribution in [-0.4, -0.2) is 59.3 Å². The predicted octanol–water partition coefficient (Wildman–Crippen LogP) is 4.65. The van der Waals surface area contributed by atoms with E-state index in [9.17, 15) is 24.0 Å². The predicted molar refractivity (Wildman–Crippen MR) is 178 cm³/mol. The Morgan fingerprint density at radius 2 is 1.70 bits per heavy atom. The molecule has 10 nitrogen and oxygen atoms in total. The van der Waals surface area contributed by atoms with Crippen LogP contribution in [0, 0.1) is 17.8 Å². The Labute approximate surface area is 278 Å². The van der Waals surface area contributed by atoms with Crippen LogP contribution in [0.15, 0.2) is 41.4 Å². The molecular formula is C34H39Cl2N5O5. The van der Waals surface area contributed by atoms with Gasteiger partial charge in [-0.1, -0.05) is 69.2 Å². The van der Waals surface area contributed by atoms with Crippen LogP contribution in [0.4, 0.5) is 0 Å². The van der Waals surface area contributed by atoms with Crippen molar-refractivity contribution in [3.8, 4) is 0 Å². The van der Waals surface area contributed by atoms with Gasteiger partial charge in [-0.25, -0.2) is 19.2 Å². The summed E-state index contributed by atoms with van der Waals surface area (Å²) in [4.78, 5) is 64.3. The number of nitrogens with one attached hydrogen (secondary N) is 5. The van der Waals surface area contributed by atoms with Gasteiger partial charge in [-0.2, -0.15) is 0 Å². The van der Waals surface area contributed by atoms with Crippen LogP contribution in [0.3, 0.4) is 0 Å². The number of H-pyrrole nitrogens is 1. The van der Waals surface area contributed by atoms with E-state index in [0.29, 0.717) is 52.5 Å². The topological polar surface area (TPSA) is 149 Å². The van der Waals surface area contributed by atoms with Crippen molar-refractivity contribution < 1.29 is 24.0 Å². The highest BCUT2D eigenvalue weighted by Gasteiger charge is 2.31. The number of hydrogen-bond donors (Lipinski definition) is 5. The summed E-state index contributed by atoms with van der Waals surface area (Å²) in [6.45, 7) is 4.33. The van der Waals surface area contributed by atoms with Gasteiger partial charge in [0.1, 0.15) is 40.9 Å². The molecule has 0 radical (unpaired) electrons. The summed E-state index contributed by atoms with van der Waals surface area (Å²) >= 11 is 12.4. The van der Waals surface area contributed by atoms with Gasteiger partial charge in [0.2, 0.25) is 0 Å². The fraction of sp³-hybridized carbons (Fsp3) is 0.500. The SMILES string of the molecule is CC(C)C(NC(=O)c1cc2c(Cl)cc(Cl)cc2[nH]1)C(=C=O)NC(CC1CCCCC1)C(=C=O)NC(C=C=O)C[C@@H]1CCNC1=C=O. The fourth-order valence-corrected chi connectivity index (χ4v) is 6.98. The van der Waals surface area contributed by atoms with Gasteiger partial charge in [-0.15, -0.1) is 0 Å². The first-order valence-corrected chi connectivity index (χ1v) is 16.4. The number of aromatic nitrogens is 1. The zero-order valence-electron chi connectivity index (χ0n) is 25.9. The maximum absolute atomic E-state index is 13.4. The van der Waals surface area contributed by atoms with Gasteiger partial charge in [-0.3, -0.25) is 4.79 Å². The average Bonchev–Trinajstić information content (AvgIpc) is 3.68. The second kappa shape index (κ2) is 16.5. The van der Waals surface area contributed by atoms with E-state index in [-0.39, 0.29) is 34.8 Å². The maximum atomic E-state index is 13.4. The van der Waals surface area contributed by atoms with Gasteiger partial charge in [0.25, 0.3) is 5.91 Å². The van der Waals surface area contributed by atoms with Crippen LogP contribution in [-0.2, 0) is 19.2 Å². The van der Waals surface area contributed by atoms with Crippen molar-refractivity contribution in [3.63, 3.8) is 0 Å². The molecule has 5 N–H and O–H groups in total. The number of carbonyl (C=O) groups excluding carboxylic acids is 5. The zero-order valence-corrected chi connectivity index (χ0v) is 27.4. The molecule has 2 aromatic rings. The second-order valence-corrected chi connectivity index (χ2v) is 13.2. The summed E-state index contributed by atoms with van der Waals surface area (Å²) in [6, 6.07) is 2.78. The Hall–Kier alpha value is -3.99. The lowest BCUT2D eigenvalue weighted by Gasteiger charge is -2.32. The number of amides is 1. The molecule has 244 valence electrons. The van der Waals surface area contributed by atoms with Gasteiger partial charge in [0, 0.05) is 34.5 Å². The van der Waals surface area contributed by atoms with Crippen molar-refractivity contribution in [2.45, 2.75) is 83.3 Å². The average molecular weight is 669 g/mol. The molecule has 1 aliphatic heterocycles. The number of allylic oxidation sites excluding steroid dienone is 1. The van der Waals surface area contributed by atoms with E-state index in [1.807, 2.05) is 31.7 Å². The van der Waals surface area contributed by atoms with Crippen molar-refractivity contribution in [1.82, 2.24) is 26.3 Å². The largest absolute Gasteiger partial charge is 0.379 e. The van der Waals surface area contributed by atoms with Crippen LogP contribution >= 0.6 is 23.2 Å². The molecule has 2 heterocycles. The molecular weight excluding hydrogens is 629 g/mol. The standard InChI is InChI=1S/C34H39Cl2N5O5/c1-20(2)33(41-34(46)29-16-25-26(36)14-23(35)15-27(25)39-29)32(19-45)40-28(12-21-6-4-3-5-7-21)31(18-44)38-24(9-11-42)13-22-8-10-37-30(22)17-43/h9,14-16,20-22,24,28,33,37-40H,3-8,10,12-13H2,1-2H3,(H,41,46)/t22-,24?,28?,33?/m0/s1. The van der Waals surface area contributed by atoms with Crippen LogP contribution in [0.25, 0.3) is 10.9 Å². The molecule has 1 aromatic carbocycles. The Bertz CT molecular complexity index is 1620. The normalized spacial score (nSPS) is 18.3. The summed E-state index contributed by atoms with van der Waals surface area (Å²) in [6.07, 6.45) is 8.06. The van der Waals surface area contributed by atoms with Crippen molar-refractivity contribution in [2.75, 3.05) is 6.54 Å². The highest BCUT2D eigenvalue weighted by molar-refractivity contribution is 6.38. The highest BCUT2D eigenvalue weighted by atomic mass is 35.5. The van der Waals surface area contributed by atoms with Crippen molar-refractivity contribution in [1.29, 1.82) is 0 Å². The first-order valence-electron chi connectivity index (χ1n) is 15.7. The highest BCUT2D eigenvalue weighted by Crippen LogP contribution is 2.31. The monoisotopic (exact) mass is 667 g/mol. The lowest BCUT2D eigenvalue weighted by molar-refractivity contribution is 0.0928. The van der Waals surface area contributed by atoms with Crippen molar-refractivity contribution >= 4 is 63.8 Å². The third kappa shape index (κ3) is 8.84.